The maximum absolute atomic E-state index is 14.5. The van der Waals surface area contributed by atoms with E-state index < -0.39 is 5.54 Å². The van der Waals surface area contributed by atoms with E-state index in [1.165, 1.54) is 13.4 Å². The molecule has 3 aliphatic rings. The van der Waals surface area contributed by atoms with Gasteiger partial charge >= 0.3 is 5.97 Å². The molecule has 0 radical (unpaired) electrons. The number of ketones is 1. The minimum Gasteiger partial charge on any atom is -0.504 e. The van der Waals surface area contributed by atoms with Crippen molar-refractivity contribution in [2.45, 2.75) is 44.3 Å². The summed E-state index contributed by atoms with van der Waals surface area (Å²) in [5, 5.41) is 0. The number of hydrogen-bond acceptors (Lipinski definition) is 7. The molecule has 7 nitrogen and oxygen atoms in total. The first-order valence-corrected chi connectivity index (χ1v) is 13.1. The molecule has 0 aromatic heterocycles. The normalized spacial score (nSPS) is 27.2. The van der Waals surface area contributed by atoms with Crippen LogP contribution in [0.25, 0.3) is 0 Å². The summed E-state index contributed by atoms with van der Waals surface area (Å²) in [6, 6.07) is 16.1. The fourth-order valence-corrected chi connectivity index (χ4v) is 6.96. The summed E-state index contributed by atoms with van der Waals surface area (Å²) < 4.78 is 16.2. The first kappa shape index (κ1) is 25.3. The maximum atomic E-state index is 14.5. The van der Waals surface area contributed by atoms with Gasteiger partial charge in [0.2, 0.25) is 0 Å². The molecule has 0 unspecified atom stereocenters. The third kappa shape index (κ3) is 4.00. The van der Waals surface area contributed by atoms with Crippen LogP contribution in [-0.4, -0.2) is 62.7 Å². The molecule has 2 fully saturated rings. The van der Waals surface area contributed by atoms with Crippen LogP contribution < -0.4 is 9.64 Å². The number of rotatable bonds is 7. The minimum atomic E-state index is -0.738. The van der Waals surface area contributed by atoms with Crippen LogP contribution in [0.15, 0.2) is 60.4 Å². The van der Waals surface area contributed by atoms with E-state index in [4.69, 9.17) is 14.2 Å². The number of carbonyl (C=O) groups is 2. The van der Waals surface area contributed by atoms with E-state index in [1.807, 2.05) is 36.4 Å². The van der Waals surface area contributed by atoms with Crippen molar-refractivity contribution in [2.24, 2.45) is 11.8 Å². The van der Waals surface area contributed by atoms with Gasteiger partial charge in [-0.2, -0.15) is 0 Å². The molecule has 37 heavy (non-hydrogen) atoms. The summed E-state index contributed by atoms with van der Waals surface area (Å²) in [5.74, 6) is 0.569. The molecule has 0 N–H and O–H groups in total. The standard InChI is InChI=1S/C30H36N2O5/c1-5-21-18-31-15-14-30(26(31)16-22(21)23(19-35-2)29(34)37-4)28(33)27-24(12-9-13-25(27)36-3)32(30)17-20-10-7-6-8-11-20/h6-13,19,21-22,26H,5,14-18H2,1-4H3/b23-19+/t21-,22+,26+,30+/m1/s1. The molecular weight excluding hydrogens is 468 g/mol. The molecule has 196 valence electrons. The second kappa shape index (κ2) is 10.2. The number of esters is 1. The van der Waals surface area contributed by atoms with Crippen LogP contribution >= 0.6 is 0 Å². The van der Waals surface area contributed by atoms with Gasteiger partial charge in [0.1, 0.15) is 11.3 Å². The Balaban J connectivity index is 1.61. The van der Waals surface area contributed by atoms with Crippen LogP contribution in [0.3, 0.4) is 0 Å². The van der Waals surface area contributed by atoms with Crippen molar-refractivity contribution < 1.29 is 23.8 Å². The number of anilines is 1. The molecule has 5 rings (SSSR count). The Hall–Kier alpha value is -3.32. The van der Waals surface area contributed by atoms with Crippen molar-refractivity contribution in [1.82, 2.24) is 4.90 Å². The Morgan fingerprint density at radius 2 is 1.89 bits per heavy atom. The Bertz CT molecular complexity index is 1200. The Morgan fingerprint density at radius 1 is 1.11 bits per heavy atom. The Kier molecular flexibility index (Phi) is 6.99. The highest BCUT2D eigenvalue weighted by Gasteiger charge is 2.63. The number of hydrogen-bond donors (Lipinski definition) is 0. The molecule has 0 saturated carbocycles. The van der Waals surface area contributed by atoms with Gasteiger partial charge in [0, 0.05) is 25.7 Å². The molecule has 2 saturated heterocycles. The van der Waals surface area contributed by atoms with Crippen molar-refractivity contribution in [3.63, 3.8) is 0 Å². The van der Waals surface area contributed by atoms with Gasteiger partial charge in [-0.15, -0.1) is 0 Å². The molecule has 0 aliphatic carbocycles. The lowest BCUT2D eigenvalue weighted by molar-refractivity contribution is -0.137. The fraction of sp³-hybridized carbons (Fsp3) is 0.467. The van der Waals surface area contributed by atoms with Gasteiger partial charge in [-0.05, 0) is 42.4 Å². The predicted octanol–water partition coefficient (Wildman–Crippen LogP) is 4.46. The quantitative estimate of drug-likeness (QED) is 0.313. The molecule has 1 spiro atoms. The number of benzene rings is 2. The van der Waals surface area contributed by atoms with E-state index in [9.17, 15) is 9.59 Å². The van der Waals surface area contributed by atoms with Crippen molar-refractivity contribution in [3.05, 3.63) is 71.5 Å². The Labute approximate surface area is 219 Å². The average Bonchev–Trinajstić information content (AvgIpc) is 3.42. The van der Waals surface area contributed by atoms with Gasteiger partial charge in [0.15, 0.2) is 5.78 Å². The van der Waals surface area contributed by atoms with Crippen molar-refractivity contribution in [1.29, 1.82) is 0 Å². The van der Waals surface area contributed by atoms with Gasteiger partial charge in [0.05, 0.1) is 44.4 Å². The van der Waals surface area contributed by atoms with Gasteiger partial charge in [-0.3, -0.25) is 9.69 Å². The molecule has 3 aliphatic heterocycles. The highest BCUT2D eigenvalue weighted by Crippen LogP contribution is 2.54. The second-order valence-corrected chi connectivity index (χ2v) is 10.3. The first-order valence-electron chi connectivity index (χ1n) is 13.1. The molecule has 0 bridgehead atoms. The summed E-state index contributed by atoms with van der Waals surface area (Å²) in [7, 11) is 4.59. The summed E-state index contributed by atoms with van der Waals surface area (Å²) in [6.45, 7) is 4.44. The smallest absolute Gasteiger partial charge is 0.337 e. The van der Waals surface area contributed by atoms with E-state index in [2.05, 4.69) is 28.9 Å². The Morgan fingerprint density at radius 3 is 2.57 bits per heavy atom. The van der Waals surface area contributed by atoms with Crippen LogP contribution in [0.2, 0.25) is 0 Å². The third-order valence-corrected chi connectivity index (χ3v) is 8.68. The lowest BCUT2D eigenvalue weighted by atomic mass is 9.71. The SMILES string of the molecule is CC[C@@H]1CN2CC[C@@]3(C(=O)c4c(OC)cccc4N3Cc3ccccc3)[C@@H]2C[C@@H]1/C(=C\OC)C(=O)OC. The summed E-state index contributed by atoms with van der Waals surface area (Å²) in [4.78, 5) is 32.1. The molecule has 2 aromatic carbocycles. The van der Waals surface area contributed by atoms with Crippen LogP contribution in [0.1, 0.15) is 42.1 Å². The number of carbonyl (C=O) groups excluding carboxylic acids is 2. The third-order valence-electron chi connectivity index (χ3n) is 8.68. The van der Waals surface area contributed by atoms with Gasteiger partial charge < -0.3 is 19.1 Å². The lowest BCUT2D eigenvalue weighted by Crippen LogP contribution is -2.61. The highest BCUT2D eigenvalue weighted by molar-refractivity contribution is 6.16. The van der Waals surface area contributed by atoms with Crippen LogP contribution in [0.5, 0.6) is 5.75 Å². The molecule has 7 heteroatoms. The zero-order valence-corrected chi connectivity index (χ0v) is 22.1. The monoisotopic (exact) mass is 504 g/mol. The first-order chi connectivity index (χ1) is 18.0. The zero-order valence-electron chi connectivity index (χ0n) is 22.1. The summed E-state index contributed by atoms with van der Waals surface area (Å²) in [5.41, 5.74) is 2.55. The van der Waals surface area contributed by atoms with Crippen LogP contribution in [-0.2, 0) is 20.8 Å². The number of nitrogens with zero attached hydrogens (tertiary/aromatic N) is 2. The van der Waals surface area contributed by atoms with Gasteiger partial charge in [-0.25, -0.2) is 4.79 Å². The van der Waals surface area contributed by atoms with Crippen molar-refractivity contribution in [3.8, 4) is 5.75 Å². The average molecular weight is 505 g/mol. The van der Waals surface area contributed by atoms with Gasteiger partial charge in [-0.1, -0.05) is 49.7 Å². The molecule has 3 heterocycles. The fourth-order valence-electron chi connectivity index (χ4n) is 6.96. The minimum absolute atomic E-state index is 0.0569. The van der Waals surface area contributed by atoms with Crippen molar-refractivity contribution >= 4 is 17.4 Å². The number of fused-ring (bicyclic) bond motifs is 3. The van der Waals surface area contributed by atoms with Crippen molar-refractivity contribution in [2.75, 3.05) is 39.3 Å². The molecule has 0 amide bonds. The van der Waals surface area contributed by atoms with E-state index >= 15 is 0 Å². The lowest BCUT2D eigenvalue weighted by Gasteiger charge is -2.48. The molecular formula is C30H36N2O5. The van der Waals surface area contributed by atoms with E-state index in [0.717, 1.165) is 37.2 Å². The summed E-state index contributed by atoms with van der Waals surface area (Å²) >= 11 is 0. The van der Waals surface area contributed by atoms with E-state index in [0.29, 0.717) is 29.9 Å². The van der Waals surface area contributed by atoms with Crippen LogP contribution in [0, 0.1) is 11.8 Å². The zero-order chi connectivity index (χ0) is 26.2. The number of Topliss-reactive ketones (excluding diaryl/α,β-unsaturated/α-hetero) is 1. The van der Waals surface area contributed by atoms with E-state index in [-0.39, 0.29) is 29.6 Å². The van der Waals surface area contributed by atoms with Gasteiger partial charge in [0.25, 0.3) is 0 Å². The maximum Gasteiger partial charge on any atom is 0.337 e. The molecule has 2 aromatic rings. The van der Waals surface area contributed by atoms with Crippen LogP contribution in [0.4, 0.5) is 5.69 Å². The number of ether oxygens (including phenoxy) is 3. The highest BCUT2D eigenvalue weighted by atomic mass is 16.5. The predicted molar refractivity (Wildman–Crippen MR) is 142 cm³/mol. The molecule has 4 atom stereocenters. The number of piperidine rings is 1. The summed E-state index contributed by atoms with van der Waals surface area (Å²) in [6.07, 6.45) is 3.86. The topological polar surface area (TPSA) is 68.3 Å². The number of methoxy groups -OCH3 is 3. The largest absolute Gasteiger partial charge is 0.504 e. The second-order valence-electron chi connectivity index (χ2n) is 10.3. The van der Waals surface area contributed by atoms with E-state index in [1.54, 1.807) is 14.2 Å².